The number of hydrogen-bond donors (Lipinski definition) is 1. The van der Waals surface area contributed by atoms with Gasteiger partial charge in [-0.3, -0.25) is 9.78 Å². The van der Waals surface area contributed by atoms with Crippen LogP contribution < -0.4 is 10.1 Å². The first kappa shape index (κ1) is 14.8. The Morgan fingerprint density at radius 1 is 1.19 bits per heavy atom. The number of benzene rings is 1. The zero-order chi connectivity index (χ0) is 15.1. The first-order valence-electron chi connectivity index (χ1n) is 6.80. The Hall–Kier alpha value is -2.62. The molecule has 0 atom stereocenters. The summed E-state index contributed by atoms with van der Waals surface area (Å²) in [5.41, 5.74) is 1.59. The zero-order valence-electron chi connectivity index (χ0n) is 12.1. The van der Waals surface area contributed by atoms with Crippen molar-refractivity contribution < 1.29 is 9.53 Å². The van der Waals surface area contributed by atoms with E-state index in [2.05, 4.69) is 10.3 Å². The van der Waals surface area contributed by atoms with Crippen LogP contribution in [0, 0.1) is 0 Å². The standard InChI is InChI=1S/C17H18N2O2/c1-13(2)21-16-6-4-3-5-15(16)19-17(20)8-7-14-9-11-18-12-10-14/h3-13H,1-2H3,(H,19,20)/b8-7+. The van der Waals surface area contributed by atoms with Gasteiger partial charge in [0.2, 0.25) is 5.91 Å². The first-order valence-corrected chi connectivity index (χ1v) is 6.80. The molecule has 0 fully saturated rings. The van der Waals surface area contributed by atoms with Crippen molar-refractivity contribution in [3.05, 3.63) is 60.4 Å². The van der Waals surface area contributed by atoms with E-state index in [1.807, 2.05) is 50.2 Å². The number of pyridine rings is 1. The molecule has 0 bridgehead atoms. The topological polar surface area (TPSA) is 51.2 Å². The summed E-state index contributed by atoms with van der Waals surface area (Å²) in [5.74, 6) is 0.463. The second-order valence-corrected chi connectivity index (χ2v) is 4.77. The Labute approximate surface area is 124 Å². The molecule has 1 heterocycles. The van der Waals surface area contributed by atoms with Crippen molar-refractivity contribution in [2.24, 2.45) is 0 Å². The van der Waals surface area contributed by atoms with Gasteiger partial charge in [-0.05, 0) is 49.8 Å². The van der Waals surface area contributed by atoms with Crippen LogP contribution >= 0.6 is 0 Å². The highest BCUT2D eigenvalue weighted by atomic mass is 16.5. The number of carbonyl (C=O) groups is 1. The molecule has 0 spiro atoms. The Bertz CT molecular complexity index is 622. The van der Waals surface area contributed by atoms with Gasteiger partial charge in [0.05, 0.1) is 11.8 Å². The number of hydrogen-bond acceptors (Lipinski definition) is 3. The minimum Gasteiger partial charge on any atom is -0.489 e. The van der Waals surface area contributed by atoms with Crippen molar-refractivity contribution >= 4 is 17.7 Å². The highest BCUT2D eigenvalue weighted by Gasteiger charge is 2.06. The molecule has 0 aliphatic heterocycles. The van der Waals surface area contributed by atoms with E-state index >= 15 is 0 Å². The van der Waals surface area contributed by atoms with E-state index < -0.39 is 0 Å². The molecule has 108 valence electrons. The normalized spacial score (nSPS) is 10.8. The molecule has 4 heteroatoms. The third-order valence-corrected chi connectivity index (χ3v) is 2.64. The van der Waals surface area contributed by atoms with Crippen molar-refractivity contribution in [1.82, 2.24) is 4.98 Å². The molecule has 2 aromatic rings. The van der Waals surface area contributed by atoms with E-state index in [4.69, 9.17) is 4.74 Å². The highest BCUT2D eigenvalue weighted by molar-refractivity contribution is 6.02. The average Bonchev–Trinajstić information content (AvgIpc) is 2.48. The number of ether oxygens (including phenoxy) is 1. The summed E-state index contributed by atoms with van der Waals surface area (Å²) in [5, 5.41) is 2.82. The second kappa shape index (κ2) is 7.24. The fourth-order valence-corrected chi connectivity index (χ4v) is 1.75. The van der Waals surface area contributed by atoms with Crippen LogP contribution in [0.1, 0.15) is 19.4 Å². The van der Waals surface area contributed by atoms with Crippen molar-refractivity contribution in [3.63, 3.8) is 0 Å². The van der Waals surface area contributed by atoms with Gasteiger partial charge in [-0.2, -0.15) is 0 Å². The van der Waals surface area contributed by atoms with Crippen molar-refractivity contribution in [2.45, 2.75) is 20.0 Å². The molecule has 0 saturated heterocycles. The Kier molecular flexibility index (Phi) is 5.10. The Morgan fingerprint density at radius 3 is 2.62 bits per heavy atom. The minimum atomic E-state index is -0.202. The Balaban J connectivity index is 2.04. The number of amides is 1. The van der Waals surface area contributed by atoms with Crippen LogP contribution in [0.5, 0.6) is 5.75 Å². The van der Waals surface area contributed by atoms with Crippen LogP contribution in [-0.4, -0.2) is 17.0 Å². The van der Waals surface area contributed by atoms with E-state index in [9.17, 15) is 4.79 Å². The molecule has 1 aromatic heterocycles. The summed E-state index contributed by atoms with van der Waals surface area (Å²) in [6, 6.07) is 11.0. The monoisotopic (exact) mass is 282 g/mol. The highest BCUT2D eigenvalue weighted by Crippen LogP contribution is 2.24. The largest absolute Gasteiger partial charge is 0.489 e. The predicted molar refractivity (Wildman–Crippen MR) is 84.1 cm³/mol. The summed E-state index contributed by atoms with van der Waals surface area (Å²) in [6.45, 7) is 3.89. The van der Waals surface area contributed by atoms with Gasteiger partial charge in [-0.25, -0.2) is 0 Å². The first-order chi connectivity index (χ1) is 10.1. The predicted octanol–water partition coefficient (Wildman–Crippen LogP) is 3.52. The van der Waals surface area contributed by atoms with Crippen LogP contribution in [0.3, 0.4) is 0 Å². The molecule has 0 aliphatic rings. The van der Waals surface area contributed by atoms with E-state index in [0.717, 1.165) is 5.56 Å². The summed E-state index contributed by atoms with van der Waals surface area (Å²) in [7, 11) is 0. The maximum atomic E-state index is 12.0. The maximum Gasteiger partial charge on any atom is 0.248 e. The summed E-state index contributed by atoms with van der Waals surface area (Å²) < 4.78 is 5.66. The van der Waals surface area contributed by atoms with Gasteiger partial charge < -0.3 is 10.1 Å². The molecule has 21 heavy (non-hydrogen) atoms. The van der Waals surface area contributed by atoms with Crippen molar-refractivity contribution in [3.8, 4) is 5.75 Å². The molecular formula is C17H18N2O2. The summed E-state index contributed by atoms with van der Waals surface area (Å²) >= 11 is 0. The SMILES string of the molecule is CC(C)Oc1ccccc1NC(=O)/C=C/c1ccncc1. The van der Waals surface area contributed by atoms with E-state index in [0.29, 0.717) is 11.4 Å². The lowest BCUT2D eigenvalue weighted by molar-refractivity contribution is -0.111. The molecule has 0 saturated carbocycles. The molecule has 0 radical (unpaired) electrons. The minimum absolute atomic E-state index is 0.0513. The molecule has 4 nitrogen and oxygen atoms in total. The van der Waals surface area contributed by atoms with Gasteiger partial charge in [0.25, 0.3) is 0 Å². The number of para-hydroxylation sites is 2. The second-order valence-electron chi connectivity index (χ2n) is 4.77. The van der Waals surface area contributed by atoms with Gasteiger partial charge in [0.15, 0.2) is 0 Å². The zero-order valence-corrected chi connectivity index (χ0v) is 12.1. The van der Waals surface area contributed by atoms with Gasteiger partial charge in [0.1, 0.15) is 5.75 Å². The number of aromatic nitrogens is 1. The van der Waals surface area contributed by atoms with Crippen LogP contribution in [0.15, 0.2) is 54.9 Å². The van der Waals surface area contributed by atoms with E-state index in [1.165, 1.54) is 6.08 Å². The fraction of sp³-hybridized carbons (Fsp3) is 0.176. The van der Waals surface area contributed by atoms with Crippen molar-refractivity contribution in [1.29, 1.82) is 0 Å². The maximum absolute atomic E-state index is 12.0. The molecule has 0 aliphatic carbocycles. The number of carbonyl (C=O) groups excluding carboxylic acids is 1. The fourth-order valence-electron chi connectivity index (χ4n) is 1.75. The number of rotatable bonds is 5. The van der Waals surface area contributed by atoms with Gasteiger partial charge >= 0.3 is 0 Å². The van der Waals surface area contributed by atoms with E-state index in [1.54, 1.807) is 18.5 Å². The lowest BCUT2D eigenvalue weighted by Crippen LogP contribution is -2.12. The molecule has 1 aromatic carbocycles. The summed E-state index contributed by atoms with van der Waals surface area (Å²) in [4.78, 5) is 15.9. The number of nitrogens with zero attached hydrogens (tertiary/aromatic N) is 1. The van der Waals surface area contributed by atoms with E-state index in [-0.39, 0.29) is 12.0 Å². The number of nitrogens with one attached hydrogen (secondary N) is 1. The third-order valence-electron chi connectivity index (χ3n) is 2.64. The van der Waals surface area contributed by atoms with Crippen LogP contribution in [-0.2, 0) is 4.79 Å². The lowest BCUT2D eigenvalue weighted by atomic mass is 10.2. The lowest BCUT2D eigenvalue weighted by Gasteiger charge is -2.14. The molecule has 1 N–H and O–H groups in total. The van der Waals surface area contributed by atoms with Gasteiger partial charge in [-0.1, -0.05) is 12.1 Å². The van der Waals surface area contributed by atoms with Crippen LogP contribution in [0.25, 0.3) is 6.08 Å². The van der Waals surface area contributed by atoms with Crippen LogP contribution in [0.2, 0.25) is 0 Å². The average molecular weight is 282 g/mol. The molecule has 2 rings (SSSR count). The smallest absolute Gasteiger partial charge is 0.248 e. The quantitative estimate of drug-likeness (QED) is 0.854. The third kappa shape index (κ3) is 4.76. The molecule has 1 amide bonds. The van der Waals surface area contributed by atoms with Gasteiger partial charge in [-0.15, -0.1) is 0 Å². The molecular weight excluding hydrogens is 264 g/mol. The molecule has 0 unspecified atom stereocenters. The van der Waals surface area contributed by atoms with Gasteiger partial charge in [0, 0.05) is 18.5 Å². The Morgan fingerprint density at radius 2 is 1.90 bits per heavy atom. The van der Waals surface area contributed by atoms with Crippen LogP contribution in [0.4, 0.5) is 5.69 Å². The number of anilines is 1. The summed E-state index contributed by atoms with van der Waals surface area (Å²) in [6.07, 6.45) is 6.65. The van der Waals surface area contributed by atoms with Crippen molar-refractivity contribution in [2.75, 3.05) is 5.32 Å².